The molecule has 2 aliphatic heterocycles. The number of nitrogens with one attached hydrogen (secondary N) is 2. The van der Waals surface area contributed by atoms with Gasteiger partial charge in [0.05, 0.1) is 11.9 Å². The van der Waals surface area contributed by atoms with Gasteiger partial charge in [-0.2, -0.15) is 11.8 Å². The van der Waals surface area contributed by atoms with Crippen molar-refractivity contribution in [2.24, 2.45) is 4.99 Å². The van der Waals surface area contributed by atoms with Crippen LogP contribution < -0.4 is 10.6 Å². The number of thioether (sulfide) groups is 1. The highest BCUT2D eigenvalue weighted by Gasteiger charge is 2.40. The Morgan fingerprint density at radius 3 is 3.16 bits per heavy atom. The van der Waals surface area contributed by atoms with Gasteiger partial charge < -0.3 is 19.8 Å². The Morgan fingerprint density at radius 2 is 2.44 bits per heavy atom. The predicted molar refractivity (Wildman–Crippen MR) is 115 cm³/mol. The third-order valence-corrected chi connectivity index (χ3v) is 5.75. The molecule has 2 saturated heterocycles. The number of guanidine groups is 1. The van der Waals surface area contributed by atoms with Gasteiger partial charge in [-0.3, -0.25) is 4.99 Å². The van der Waals surface area contributed by atoms with Gasteiger partial charge in [0, 0.05) is 37.9 Å². The third-order valence-electron chi connectivity index (χ3n) is 4.52. The van der Waals surface area contributed by atoms with Gasteiger partial charge in [-0.25, -0.2) is 0 Å². The lowest BCUT2D eigenvalue weighted by molar-refractivity contribution is -0.0679. The molecule has 3 rings (SSSR count). The van der Waals surface area contributed by atoms with Gasteiger partial charge >= 0.3 is 0 Å². The molecule has 2 N–H and O–H groups in total. The smallest absolute Gasteiger partial charge is 0.191 e. The fourth-order valence-corrected chi connectivity index (χ4v) is 4.64. The summed E-state index contributed by atoms with van der Waals surface area (Å²) in [5.41, 5.74) is 0.0816. The van der Waals surface area contributed by atoms with Crippen molar-refractivity contribution in [2.75, 3.05) is 31.2 Å². The Labute approximate surface area is 171 Å². The van der Waals surface area contributed by atoms with E-state index in [0.717, 1.165) is 43.3 Å². The van der Waals surface area contributed by atoms with Gasteiger partial charge in [-0.05, 0) is 37.1 Å². The van der Waals surface area contributed by atoms with E-state index in [9.17, 15) is 0 Å². The lowest BCUT2D eigenvalue weighted by Crippen LogP contribution is -2.51. The average Bonchev–Trinajstić information content (AvgIpc) is 3.25. The molecule has 1 aromatic rings. The quantitative estimate of drug-likeness (QED) is 0.285. The van der Waals surface area contributed by atoms with Crippen molar-refractivity contribution in [2.45, 2.75) is 37.3 Å². The van der Waals surface area contributed by atoms with E-state index in [4.69, 9.17) is 9.15 Å². The van der Waals surface area contributed by atoms with E-state index in [1.165, 1.54) is 12.2 Å². The number of hydrogen-bond acceptors (Lipinski definition) is 4. The zero-order valence-corrected chi connectivity index (χ0v) is 17.7. The highest BCUT2D eigenvalue weighted by atomic mass is 127. The van der Waals surface area contributed by atoms with Crippen LogP contribution in [-0.4, -0.2) is 48.8 Å². The standard InChI is InChI=1S/C18H27N3O2S.HI/c1-2-8-19-17(20-9-5-16-4-3-10-22-16)21-15-6-11-23-18(13-15)7-12-24-14-18;/h2-4,10,15H,1,5-9,11-14H2,(H2,19,20,21);1H. The average molecular weight is 477 g/mol. The lowest BCUT2D eigenvalue weighted by Gasteiger charge is -2.38. The third kappa shape index (κ3) is 6.21. The minimum atomic E-state index is 0. The Balaban J connectivity index is 0.00000225. The van der Waals surface area contributed by atoms with Crippen molar-refractivity contribution in [1.82, 2.24) is 10.6 Å². The molecule has 0 amide bonds. The monoisotopic (exact) mass is 477 g/mol. The zero-order chi connectivity index (χ0) is 16.7. The fraction of sp³-hybridized carbons (Fsp3) is 0.611. The summed E-state index contributed by atoms with van der Waals surface area (Å²) in [6, 6.07) is 4.31. The molecule has 2 unspecified atom stereocenters. The molecule has 0 aliphatic carbocycles. The normalized spacial score (nSPS) is 26.2. The number of hydrogen-bond donors (Lipinski definition) is 2. The summed E-state index contributed by atoms with van der Waals surface area (Å²) in [5.74, 6) is 4.16. The molecule has 2 fully saturated rings. The summed E-state index contributed by atoms with van der Waals surface area (Å²) >= 11 is 2.00. The Morgan fingerprint density at radius 1 is 1.52 bits per heavy atom. The topological polar surface area (TPSA) is 58.8 Å². The van der Waals surface area contributed by atoms with Gasteiger partial charge in [-0.1, -0.05) is 6.08 Å². The van der Waals surface area contributed by atoms with E-state index in [2.05, 4.69) is 22.2 Å². The van der Waals surface area contributed by atoms with E-state index in [0.29, 0.717) is 19.1 Å². The molecule has 7 heteroatoms. The second kappa shape index (κ2) is 10.5. The van der Waals surface area contributed by atoms with Crippen molar-refractivity contribution in [3.8, 4) is 0 Å². The van der Waals surface area contributed by atoms with E-state index >= 15 is 0 Å². The summed E-state index contributed by atoms with van der Waals surface area (Å²) in [5, 5.41) is 6.91. The second-order valence-corrected chi connectivity index (χ2v) is 7.50. The van der Waals surface area contributed by atoms with E-state index in [1.54, 1.807) is 6.26 Å². The molecule has 2 atom stereocenters. The fourth-order valence-electron chi connectivity index (χ4n) is 3.26. The van der Waals surface area contributed by atoms with E-state index < -0.39 is 0 Å². The van der Waals surface area contributed by atoms with Crippen LogP contribution in [0.25, 0.3) is 0 Å². The van der Waals surface area contributed by atoms with Crippen LogP contribution in [0.3, 0.4) is 0 Å². The van der Waals surface area contributed by atoms with Crippen LogP contribution in [0.1, 0.15) is 25.0 Å². The maximum absolute atomic E-state index is 6.10. The van der Waals surface area contributed by atoms with Crippen LogP contribution in [0.5, 0.6) is 0 Å². The van der Waals surface area contributed by atoms with Gasteiger partial charge in [0.25, 0.3) is 0 Å². The SMILES string of the molecule is C=CCNC(=NCCc1ccco1)NC1CCOC2(CCSC2)C1.I. The summed E-state index contributed by atoms with van der Waals surface area (Å²) in [6.45, 7) is 6.01. The zero-order valence-electron chi connectivity index (χ0n) is 14.5. The van der Waals surface area contributed by atoms with Crippen molar-refractivity contribution < 1.29 is 9.15 Å². The van der Waals surface area contributed by atoms with Crippen LogP contribution in [0.2, 0.25) is 0 Å². The van der Waals surface area contributed by atoms with Crippen molar-refractivity contribution in [3.63, 3.8) is 0 Å². The molecule has 0 saturated carbocycles. The molecule has 0 aromatic carbocycles. The van der Waals surface area contributed by atoms with E-state index in [-0.39, 0.29) is 29.6 Å². The number of ether oxygens (including phenoxy) is 1. The van der Waals surface area contributed by atoms with E-state index in [1.807, 2.05) is 30.0 Å². The largest absolute Gasteiger partial charge is 0.469 e. The first-order chi connectivity index (χ1) is 11.8. The second-order valence-electron chi connectivity index (χ2n) is 6.40. The van der Waals surface area contributed by atoms with Crippen molar-refractivity contribution >= 4 is 41.7 Å². The molecule has 1 spiro atoms. The van der Waals surface area contributed by atoms with Crippen molar-refractivity contribution in [1.29, 1.82) is 0 Å². The van der Waals surface area contributed by atoms with Crippen molar-refractivity contribution in [3.05, 3.63) is 36.8 Å². The van der Waals surface area contributed by atoms with Gasteiger partial charge in [0.15, 0.2) is 5.96 Å². The highest BCUT2D eigenvalue weighted by molar-refractivity contribution is 14.0. The first kappa shape index (κ1) is 20.6. The number of nitrogens with zero attached hydrogens (tertiary/aromatic N) is 1. The Kier molecular flexibility index (Phi) is 8.65. The molecule has 2 aliphatic rings. The molecule has 5 nitrogen and oxygen atoms in total. The minimum absolute atomic E-state index is 0. The molecule has 140 valence electrons. The summed E-state index contributed by atoms with van der Waals surface area (Å²) in [7, 11) is 0. The number of aliphatic imine (C=N–C) groups is 1. The minimum Gasteiger partial charge on any atom is -0.469 e. The van der Waals surface area contributed by atoms with Crippen LogP contribution in [0.15, 0.2) is 40.5 Å². The maximum atomic E-state index is 6.10. The molecule has 0 bridgehead atoms. The first-order valence-electron chi connectivity index (χ1n) is 8.69. The lowest BCUT2D eigenvalue weighted by atomic mass is 9.90. The van der Waals surface area contributed by atoms with Crippen LogP contribution >= 0.6 is 35.7 Å². The Bertz CT molecular complexity index is 545. The van der Waals surface area contributed by atoms with Crippen LogP contribution in [-0.2, 0) is 11.2 Å². The molecule has 3 heterocycles. The maximum Gasteiger partial charge on any atom is 0.191 e. The van der Waals surface area contributed by atoms with Gasteiger partial charge in [-0.15, -0.1) is 30.6 Å². The number of halogens is 1. The molecular formula is C18H28IN3O2S. The molecule has 1 aromatic heterocycles. The molecular weight excluding hydrogens is 449 g/mol. The number of rotatable bonds is 6. The highest BCUT2D eigenvalue weighted by Crippen LogP contribution is 2.38. The van der Waals surface area contributed by atoms with Crippen LogP contribution in [0.4, 0.5) is 0 Å². The van der Waals surface area contributed by atoms with Crippen LogP contribution in [0, 0.1) is 0 Å². The Hall–Kier alpha value is -0.670. The van der Waals surface area contributed by atoms with Gasteiger partial charge in [0.2, 0.25) is 0 Å². The summed E-state index contributed by atoms with van der Waals surface area (Å²) in [6.07, 6.45) is 7.62. The molecule has 0 radical (unpaired) electrons. The summed E-state index contributed by atoms with van der Waals surface area (Å²) < 4.78 is 11.5. The predicted octanol–water partition coefficient (Wildman–Crippen LogP) is 3.22. The first-order valence-corrected chi connectivity index (χ1v) is 9.85. The van der Waals surface area contributed by atoms with Gasteiger partial charge in [0.1, 0.15) is 5.76 Å². The molecule has 25 heavy (non-hydrogen) atoms. The number of furan rings is 1. The summed E-state index contributed by atoms with van der Waals surface area (Å²) in [4.78, 5) is 4.69.